The van der Waals surface area contributed by atoms with Crippen molar-refractivity contribution < 1.29 is 13.2 Å². The van der Waals surface area contributed by atoms with E-state index in [0.29, 0.717) is 23.7 Å². The van der Waals surface area contributed by atoms with Crippen molar-refractivity contribution in [1.82, 2.24) is 9.97 Å². The van der Waals surface area contributed by atoms with Crippen LogP contribution in [0.3, 0.4) is 0 Å². The van der Waals surface area contributed by atoms with Crippen LogP contribution in [0.1, 0.15) is 18.1 Å². The summed E-state index contributed by atoms with van der Waals surface area (Å²) in [5.41, 5.74) is 0.737. The van der Waals surface area contributed by atoms with E-state index in [1.54, 1.807) is 7.05 Å². The number of halogens is 3. The van der Waals surface area contributed by atoms with Gasteiger partial charge in [-0.25, -0.2) is 9.97 Å². The van der Waals surface area contributed by atoms with Crippen LogP contribution < -0.4 is 10.6 Å². The number of hydrogen-bond acceptors (Lipinski definition) is 4. The van der Waals surface area contributed by atoms with E-state index in [0.717, 1.165) is 17.7 Å². The molecule has 2 N–H and O–H groups in total. The zero-order valence-corrected chi connectivity index (χ0v) is 11.6. The highest BCUT2D eigenvalue weighted by Crippen LogP contribution is 2.31. The number of hydrogen-bond donors (Lipinski definition) is 2. The Labute approximate surface area is 120 Å². The molecule has 2 aromatic rings. The molecule has 112 valence electrons. The van der Waals surface area contributed by atoms with Crippen LogP contribution in [0.25, 0.3) is 0 Å². The number of anilines is 3. The molecule has 1 aromatic carbocycles. The third-order valence-corrected chi connectivity index (χ3v) is 3.01. The van der Waals surface area contributed by atoms with Gasteiger partial charge in [-0.15, -0.1) is 0 Å². The van der Waals surface area contributed by atoms with E-state index < -0.39 is 11.7 Å². The fourth-order valence-electron chi connectivity index (χ4n) is 1.95. The predicted molar refractivity (Wildman–Crippen MR) is 75.7 cm³/mol. The van der Waals surface area contributed by atoms with Crippen molar-refractivity contribution in [1.29, 1.82) is 0 Å². The molecular weight excluding hydrogens is 281 g/mol. The molecule has 0 bridgehead atoms. The van der Waals surface area contributed by atoms with E-state index in [2.05, 4.69) is 20.6 Å². The number of aromatic nitrogens is 2. The smallest absolute Gasteiger partial charge is 0.373 e. The number of nitrogens with one attached hydrogen (secondary N) is 2. The van der Waals surface area contributed by atoms with Crippen molar-refractivity contribution in [2.45, 2.75) is 19.5 Å². The minimum atomic E-state index is -4.33. The summed E-state index contributed by atoms with van der Waals surface area (Å²) in [5, 5.41) is 5.98. The van der Waals surface area contributed by atoms with Gasteiger partial charge in [0, 0.05) is 18.3 Å². The molecular formula is C14H15F3N4. The molecule has 0 aliphatic heterocycles. The molecule has 0 atom stereocenters. The lowest BCUT2D eigenvalue weighted by Gasteiger charge is -2.13. The molecule has 0 fully saturated rings. The van der Waals surface area contributed by atoms with Crippen LogP contribution in [-0.4, -0.2) is 17.0 Å². The maximum atomic E-state index is 12.5. The van der Waals surface area contributed by atoms with Crippen molar-refractivity contribution >= 4 is 17.3 Å². The van der Waals surface area contributed by atoms with Gasteiger partial charge in [-0.2, -0.15) is 13.2 Å². The maximum absolute atomic E-state index is 12.5. The Kier molecular flexibility index (Phi) is 4.30. The molecule has 0 aliphatic carbocycles. The van der Waals surface area contributed by atoms with Crippen molar-refractivity contribution in [3.8, 4) is 0 Å². The molecule has 4 nitrogen and oxygen atoms in total. The van der Waals surface area contributed by atoms with Crippen LogP contribution in [0.2, 0.25) is 0 Å². The highest BCUT2D eigenvalue weighted by molar-refractivity contribution is 5.64. The topological polar surface area (TPSA) is 49.8 Å². The van der Waals surface area contributed by atoms with Gasteiger partial charge in [0.25, 0.3) is 0 Å². The van der Waals surface area contributed by atoms with Gasteiger partial charge in [0.05, 0.1) is 5.56 Å². The monoisotopic (exact) mass is 296 g/mol. The van der Waals surface area contributed by atoms with Gasteiger partial charge in [0.1, 0.15) is 18.0 Å². The van der Waals surface area contributed by atoms with E-state index in [9.17, 15) is 13.2 Å². The molecule has 0 unspecified atom stereocenters. The average Bonchev–Trinajstić information content (AvgIpc) is 2.46. The van der Waals surface area contributed by atoms with Crippen LogP contribution in [-0.2, 0) is 12.6 Å². The van der Waals surface area contributed by atoms with Crippen molar-refractivity contribution in [2.24, 2.45) is 0 Å². The number of benzene rings is 1. The Hall–Kier alpha value is -2.31. The second-order valence-corrected chi connectivity index (χ2v) is 4.35. The Bertz CT molecular complexity index is 609. The first-order valence-electron chi connectivity index (χ1n) is 6.41. The van der Waals surface area contributed by atoms with Gasteiger partial charge in [-0.05, 0) is 30.7 Å². The van der Waals surface area contributed by atoms with Crippen molar-refractivity contribution in [2.75, 3.05) is 17.7 Å². The molecule has 21 heavy (non-hydrogen) atoms. The third-order valence-electron chi connectivity index (χ3n) is 3.01. The van der Waals surface area contributed by atoms with Gasteiger partial charge in [0.2, 0.25) is 0 Å². The minimum Gasteiger partial charge on any atom is -0.373 e. The number of rotatable bonds is 4. The van der Waals surface area contributed by atoms with Crippen molar-refractivity contribution in [3.63, 3.8) is 0 Å². The molecule has 0 saturated heterocycles. The number of alkyl halides is 3. The van der Waals surface area contributed by atoms with E-state index in [1.165, 1.54) is 18.5 Å². The average molecular weight is 296 g/mol. The summed E-state index contributed by atoms with van der Waals surface area (Å²) in [6.45, 7) is 1.96. The summed E-state index contributed by atoms with van der Waals surface area (Å²) in [6.07, 6.45) is -2.24. The second kappa shape index (κ2) is 5.99. The van der Waals surface area contributed by atoms with Gasteiger partial charge in [-0.1, -0.05) is 6.92 Å². The SMILES string of the molecule is CCc1c(NC)ncnc1Nc1ccc(C(F)(F)F)cc1. The van der Waals surface area contributed by atoms with Crippen LogP contribution in [0.5, 0.6) is 0 Å². The van der Waals surface area contributed by atoms with E-state index >= 15 is 0 Å². The first kappa shape index (κ1) is 15.1. The predicted octanol–water partition coefficient (Wildman–Crippen LogP) is 3.84. The summed E-state index contributed by atoms with van der Waals surface area (Å²) < 4.78 is 37.5. The Morgan fingerprint density at radius 3 is 2.19 bits per heavy atom. The van der Waals surface area contributed by atoms with Crippen LogP contribution in [0.4, 0.5) is 30.5 Å². The molecule has 0 radical (unpaired) electrons. The molecule has 7 heteroatoms. The largest absolute Gasteiger partial charge is 0.416 e. The fourth-order valence-corrected chi connectivity index (χ4v) is 1.95. The maximum Gasteiger partial charge on any atom is 0.416 e. The summed E-state index contributed by atoms with van der Waals surface area (Å²) in [4.78, 5) is 8.25. The molecule has 0 aliphatic rings. The van der Waals surface area contributed by atoms with Crippen LogP contribution in [0, 0.1) is 0 Å². The van der Waals surface area contributed by atoms with Gasteiger partial charge in [-0.3, -0.25) is 0 Å². The number of nitrogens with zero attached hydrogens (tertiary/aromatic N) is 2. The summed E-state index contributed by atoms with van der Waals surface area (Å²) >= 11 is 0. The summed E-state index contributed by atoms with van der Waals surface area (Å²) in [7, 11) is 1.75. The Morgan fingerprint density at radius 2 is 1.67 bits per heavy atom. The second-order valence-electron chi connectivity index (χ2n) is 4.35. The Balaban J connectivity index is 2.26. The lowest BCUT2D eigenvalue weighted by Crippen LogP contribution is -2.06. The molecule has 1 heterocycles. The standard InChI is InChI=1S/C14H15F3N4/c1-3-11-12(18-2)19-8-20-13(11)21-10-6-4-9(5-7-10)14(15,16)17/h4-8H,3H2,1-2H3,(H2,18,19,20,21). The highest BCUT2D eigenvalue weighted by atomic mass is 19.4. The molecule has 2 rings (SSSR count). The minimum absolute atomic E-state index is 0.540. The molecule has 1 aromatic heterocycles. The molecule has 0 spiro atoms. The van der Waals surface area contributed by atoms with Crippen molar-refractivity contribution in [3.05, 3.63) is 41.7 Å². The van der Waals surface area contributed by atoms with Crippen LogP contribution >= 0.6 is 0 Å². The van der Waals surface area contributed by atoms with E-state index in [-0.39, 0.29) is 0 Å². The van der Waals surface area contributed by atoms with Gasteiger partial charge in [0.15, 0.2) is 0 Å². The van der Waals surface area contributed by atoms with Crippen LogP contribution in [0.15, 0.2) is 30.6 Å². The van der Waals surface area contributed by atoms with E-state index in [4.69, 9.17) is 0 Å². The molecule has 0 saturated carbocycles. The first-order chi connectivity index (χ1) is 9.95. The van der Waals surface area contributed by atoms with Gasteiger partial charge >= 0.3 is 6.18 Å². The normalized spacial score (nSPS) is 11.3. The highest BCUT2D eigenvalue weighted by Gasteiger charge is 2.29. The Morgan fingerprint density at radius 1 is 1.05 bits per heavy atom. The fraction of sp³-hybridized carbons (Fsp3) is 0.286. The lowest BCUT2D eigenvalue weighted by atomic mass is 10.2. The zero-order valence-electron chi connectivity index (χ0n) is 11.6. The molecule has 0 amide bonds. The zero-order chi connectivity index (χ0) is 15.5. The summed E-state index contributed by atoms with van der Waals surface area (Å²) in [6, 6.07) is 4.83. The quantitative estimate of drug-likeness (QED) is 0.900. The summed E-state index contributed by atoms with van der Waals surface area (Å²) in [5.74, 6) is 1.28. The first-order valence-corrected chi connectivity index (χ1v) is 6.41. The third kappa shape index (κ3) is 3.42. The van der Waals surface area contributed by atoms with Gasteiger partial charge < -0.3 is 10.6 Å². The van der Waals surface area contributed by atoms with E-state index in [1.807, 2.05) is 6.92 Å². The lowest BCUT2D eigenvalue weighted by molar-refractivity contribution is -0.137.